The first-order chi connectivity index (χ1) is 14.8. The minimum absolute atomic E-state index is 0.0321. The van der Waals surface area contributed by atoms with Gasteiger partial charge >= 0.3 is 0 Å². The van der Waals surface area contributed by atoms with Crippen molar-refractivity contribution in [1.82, 2.24) is 14.5 Å². The van der Waals surface area contributed by atoms with Crippen LogP contribution >= 0.6 is 23.2 Å². The summed E-state index contributed by atoms with van der Waals surface area (Å²) in [6.07, 6.45) is 5.46. The number of halogens is 2. The van der Waals surface area contributed by atoms with Crippen LogP contribution in [0, 0.1) is 0 Å². The summed E-state index contributed by atoms with van der Waals surface area (Å²) in [5, 5.41) is 3.79. The van der Waals surface area contributed by atoms with Crippen LogP contribution in [-0.2, 0) is 17.9 Å². The van der Waals surface area contributed by atoms with Crippen LogP contribution in [0.1, 0.15) is 36.2 Å². The minimum atomic E-state index is -0.130. The number of hydrogen-bond acceptors (Lipinski definition) is 3. The Morgan fingerprint density at radius 3 is 2.61 bits per heavy atom. The third-order valence-corrected chi connectivity index (χ3v) is 5.51. The molecular formula is C23H24Cl2N4O2. The second-order valence-corrected chi connectivity index (χ2v) is 8.27. The van der Waals surface area contributed by atoms with Gasteiger partial charge in [-0.15, -0.1) is 0 Å². The van der Waals surface area contributed by atoms with Crippen molar-refractivity contribution in [2.75, 3.05) is 5.32 Å². The van der Waals surface area contributed by atoms with E-state index in [0.717, 1.165) is 5.56 Å². The van der Waals surface area contributed by atoms with Gasteiger partial charge in [0.25, 0.3) is 5.91 Å². The molecule has 0 aliphatic carbocycles. The van der Waals surface area contributed by atoms with E-state index in [0.29, 0.717) is 40.8 Å². The average Bonchev–Trinajstić information content (AvgIpc) is 3.26. The van der Waals surface area contributed by atoms with E-state index in [2.05, 4.69) is 10.3 Å². The molecule has 6 nitrogen and oxygen atoms in total. The predicted octanol–water partition coefficient (Wildman–Crippen LogP) is 5.27. The van der Waals surface area contributed by atoms with Crippen molar-refractivity contribution in [3.8, 4) is 0 Å². The number of anilines is 1. The summed E-state index contributed by atoms with van der Waals surface area (Å²) in [5.74, 6) is -0.259. The van der Waals surface area contributed by atoms with Gasteiger partial charge in [0.15, 0.2) is 0 Å². The van der Waals surface area contributed by atoms with Crippen molar-refractivity contribution in [2.45, 2.75) is 39.4 Å². The number of amides is 2. The maximum Gasteiger partial charge on any atom is 0.254 e. The second kappa shape index (κ2) is 10.5. The number of benzene rings is 2. The molecule has 3 aromatic rings. The molecule has 1 aromatic heterocycles. The predicted molar refractivity (Wildman–Crippen MR) is 123 cm³/mol. The third-order valence-electron chi connectivity index (χ3n) is 4.77. The van der Waals surface area contributed by atoms with Crippen molar-refractivity contribution in [3.63, 3.8) is 0 Å². The molecule has 31 heavy (non-hydrogen) atoms. The molecule has 1 N–H and O–H groups in total. The Morgan fingerprint density at radius 2 is 1.94 bits per heavy atom. The highest BCUT2D eigenvalue weighted by atomic mass is 35.5. The van der Waals surface area contributed by atoms with E-state index >= 15 is 0 Å². The Hall–Kier alpha value is -2.83. The first-order valence-electron chi connectivity index (χ1n) is 9.94. The Labute approximate surface area is 191 Å². The maximum atomic E-state index is 13.2. The van der Waals surface area contributed by atoms with E-state index in [9.17, 15) is 9.59 Å². The lowest BCUT2D eigenvalue weighted by molar-refractivity contribution is -0.116. The van der Waals surface area contributed by atoms with Crippen molar-refractivity contribution < 1.29 is 9.59 Å². The fourth-order valence-electron chi connectivity index (χ4n) is 3.09. The van der Waals surface area contributed by atoms with Gasteiger partial charge in [0.1, 0.15) is 0 Å². The number of carbonyl (C=O) groups is 2. The molecule has 0 saturated heterocycles. The van der Waals surface area contributed by atoms with Crippen LogP contribution in [0.3, 0.4) is 0 Å². The largest absolute Gasteiger partial charge is 0.337 e. The molecular weight excluding hydrogens is 435 g/mol. The minimum Gasteiger partial charge on any atom is -0.337 e. The Balaban J connectivity index is 1.68. The third kappa shape index (κ3) is 6.32. The molecule has 0 saturated carbocycles. The molecule has 0 bridgehead atoms. The topological polar surface area (TPSA) is 67.2 Å². The molecule has 0 fully saturated rings. The van der Waals surface area contributed by atoms with Crippen molar-refractivity contribution in [1.29, 1.82) is 0 Å². The van der Waals surface area contributed by atoms with Gasteiger partial charge < -0.3 is 14.8 Å². The number of aryl methyl sites for hydroxylation is 1. The molecule has 2 aromatic carbocycles. The van der Waals surface area contributed by atoms with E-state index in [1.165, 1.54) is 0 Å². The Kier molecular flexibility index (Phi) is 7.71. The van der Waals surface area contributed by atoms with Crippen LogP contribution in [0.4, 0.5) is 5.69 Å². The van der Waals surface area contributed by atoms with Crippen molar-refractivity contribution in [2.24, 2.45) is 0 Å². The molecule has 0 aliphatic heterocycles. The van der Waals surface area contributed by atoms with E-state index in [1.54, 1.807) is 60.0 Å². The molecule has 0 atom stereocenters. The summed E-state index contributed by atoms with van der Waals surface area (Å²) in [6.45, 7) is 4.85. The van der Waals surface area contributed by atoms with Crippen LogP contribution < -0.4 is 5.32 Å². The highest BCUT2D eigenvalue weighted by Gasteiger charge is 2.20. The zero-order chi connectivity index (χ0) is 22.4. The summed E-state index contributed by atoms with van der Waals surface area (Å²) in [6, 6.07) is 12.3. The SMILES string of the molecule is CC(C)N(Cc1ccc(Cl)c(Cl)c1)C(=O)c1cccc(NC(=O)CCn2ccnc2)c1. The van der Waals surface area contributed by atoms with Gasteiger partial charge in [0.2, 0.25) is 5.91 Å². The first-order valence-corrected chi connectivity index (χ1v) is 10.7. The summed E-state index contributed by atoms with van der Waals surface area (Å²) in [5.41, 5.74) is 1.97. The number of nitrogens with zero attached hydrogens (tertiary/aromatic N) is 3. The second-order valence-electron chi connectivity index (χ2n) is 7.45. The summed E-state index contributed by atoms with van der Waals surface area (Å²) < 4.78 is 1.84. The monoisotopic (exact) mass is 458 g/mol. The molecule has 2 amide bonds. The van der Waals surface area contributed by atoms with E-state index in [4.69, 9.17) is 23.2 Å². The fraction of sp³-hybridized carbons (Fsp3) is 0.261. The summed E-state index contributed by atoms with van der Waals surface area (Å²) >= 11 is 12.1. The number of carbonyl (C=O) groups excluding carboxylic acids is 2. The normalized spacial score (nSPS) is 10.9. The molecule has 8 heteroatoms. The van der Waals surface area contributed by atoms with Gasteiger partial charge in [-0.05, 0) is 49.7 Å². The van der Waals surface area contributed by atoms with Crippen LogP contribution in [0.5, 0.6) is 0 Å². The van der Waals surface area contributed by atoms with Gasteiger partial charge in [-0.3, -0.25) is 9.59 Å². The smallest absolute Gasteiger partial charge is 0.254 e. The lowest BCUT2D eigenvalue weighted by Crippen LogP contribution is -2.36. The lowest BCUT2D eigenvalue weighted by Gasteiger charge is -2.27. The van der Waals surface area contributed by atoms with Crippen molar-refractivity contribution >= 4 is 40.7 Å². The molecule has 0 spiro atoms. The van der Waals surface area contributed by atoms with Crippen LogP contribution in [0.2, 0.25) is 10.0 Å². The molecule has 0 unspecified atom stereocenters. The first kappa shape index (κ1) is 22.8. The van der Waals surface area contributed by atoms with Gasteiger partial charge in [0.05, 0.1) is 16.4 Å². The van der Waals surface area contributed by atoms with Gasteiger partial charge in [0, 0.05) is 49.2 Å². The Morgan fingerprint density at radius 1 is 1.13 bits per heavy atom. The van der Waals surface area contributed by atoms with E-state index in [-0.39, 0.29) is 17.9 Å². The number of aromatic nitrogens is 2. The highest BCUT2D eigenvalue weighted by molar-refractivity contribution is 6.42. The van der Waals surface area contributed by atoms with Crippen LogP contribution in [0.25, 0.3) is 0 Å². The Bertz CT molecular complexity index is 1050. The highest BCUT2D eigenvalue weighted by Crippen LogP contribution is 2.24. The standard InChI is InChI=1S/C23H24Cl2N4O2/c1-16(2)29(14-17-6-7-20(24)21(25)12-17)23(31)18-4-3-5-19(13-18)27-22(30)8-10-28-11-9-26-15-28/h3-7,9,11-13,15-16H,8,10,14H2,1-2H3,(H,27,30). The number of nitrogens with one attached hydrogen (secondary N) is 1. The van der Waals surface area contributed by atoms with E-state index < -0.39 is 0 Å². The average molecular weight is 459 g/mol. The zero-order valence-electron chi connectivity index (χ0n) is 17.4. The van der Waals surface area contributed by atoms with Crippen molar-refractivity contribution in [3.05, 3.63) is 82.4 Å². The summed E-state index contributed by atoms with van der Waals surface area (Å²) in [4.78, 5) is 31.2. The van der Waals surface area contributed by atoms with Gasteiger partial charge in [-0.1, -0.05) is 35.3 Å². The van der Waals surface area contributed by atoms with Gasteiger partial charge in [-0.25, -0.2) is 4.98 Å². The zero-order valence-corrected chi connectivity index (χ0v) is 18.9. The maximum absolute atomic E-state index is 13.2. The molecule has 162 valence electrons. The number of imidazole rings is 1. The van der Waals surface area contributed by atoms with Crippen LogP contribution in [-0.4, -0.2) is 32.3 Å². The summed E-state index contributed by atoms with van der Waals surface area (Å²) in [7, 11) is 0. The van der Waals surface area contributed by atoms with Gasteiger partial charge in [-0.2, -0.15) is 0 Å². The number of rotatable bonds is 8. The van der Waals surface area contributed by atoms with E-state index in [1.807, 2.05) is 24.5 Å². The van der Waals surface area contributed by atoms with Crippen LogP contribution in [0.15, 0.2) is 61.2 Å². The quantitative estimate of drug-likeness (QED) is 0.499. The lowest BCUT2D eigenvalue weighted by atomic mass is 10.1. The number of hydrogen-bond donors (Lipinski definition) is 1. The molecule has 1 heterocycles. The fourth-order valence-corrected chi connectivity index (χ4v) is 3.41. The molecule has 0 aliphatic rings. The molecule has 3 rings (SSSR count). The molecule has 0 radical (unpaired) electrons.